The lowest BCUT2D eigenvalue weighted by Crippen LogP contribution is -2.28. The zero-order valence-electron chi connectivity index (χ0n) is 10.5. The highest BCUT2D eigenvalue weighted by molar-refractivity contribution is 6.33. The lowest BCUT2D eigenvalue weighted by molar-refractivity contribution is 0.199. The first-order chi connectivity index (χ1) is 8.13. The number of rotatable bonds is 3. The van der Waals surface area contributed by atoms with Crippen molar-refractivity contribution < 1.29 is 5.11 Å². The molecule has 0 spiro atoms. The molecule has 0 aliphatic carbocycles. The van der Waals surface area contributed by atoms with Crippen molar-refractivity contribution in [3.8, 4) is 0 Å². The monoisotopic (exact) mass is 253 g/mol. The van der Waals surface area contributed by atoms with Crippen LogP contribution in [0.2, 0.25) is 5.02 Å². The first kappa shape index (κ1) is 12.7. The molecule has 0 aromatic heterocycles. The Morgan fingerprint density at radius 1 is 1.53 bits per heavy atom. The highest BCUT2D eigenvalue weighted by Crippen LogP contribution is 2.34. The van der Waals surface area contributed by atoms with Crippen LogP contribution in [0.4, 0.5) is 5.69 Å². The van der Waals surface area contributed by atoms with E-state index < -0.39 is 6.10 Å². The molecule has 2 atom stereocenters. The molecule has 1 heterocycles. The van der Waals surface area contributed by atoms with Gasteiger partial charge in [-0.15, -0.1) is 0 Å². The molecule has 1 saturated heterocycles. The third-order valence-electron chi connectivity index (χ3n) is 3.61. The number of hydrogen-bond donors (Lipinski definition) is 1. The molecule has 2 rings (SSSR count). The van der Waals surface area contributed by atoms with Crippen LogP contribution in [0.3, 0.4) is 0 Å². The number of aliphatic hydroxyl groups is 1. The Morgan fingerprint density at radius 2 is 2.29 bits per heavy atom. The summed E-state index contributed by atoms with van der Waals surface area (Å²) in [6.07, 6.45) is 3.20. The second-order valence-corrected chi connectivity index (χ2v) is 5.19. The molecule has 1 aromatic carbocycles. The second-order valence-electron chi connectivity index (χ2n) is 4.78. The van der Waals surface area contributed by atoms with Crippen molar-refractivity contribution in [1.82, 2.24) is 0 Å². The molecule has 0 amide bonds. The number of anilines is 1. The molecule has 0 bridgehead atoms. The van der Waals surface area contributed by atoms with Crippen molar-refractivity contribution in [3.63, 3.8) is 0 Å². The average Bonchev–Trinajstić information content (AvgIpc) is 2.76. The van der Waals surface area contributed by atoms with E-state index in [1.54, 1.807) is 6.92 Å². The number of nitrogens with zero attached hydrogens (tertiary/aromatic N) is 1. The quantitative estimate of drug-likeness (QED) is 0.886. The molecule has 94 valence electrons. The van der Waals surface area contributed by atoms with Gasteiger partial charge in [-0.2, -0.15) is 0 Å². The Kier molecular flexibility index (Phi) is 3.95. The first-order valence-electron chi connectivity index (χ1n) is 6.37. The van der Waals surface area contributed by atoms with Crippen LogP contribution in [-0.2, 0) is 0 Å². The molecule has 1 aliphatic rings. The van der Waals surface area contributed by atoms with Crippen LogP contribution in [0.1, 0.15) is 44.8 Å². The van der Waals surface area contributed by atoms with Gasteiger partial charge in [0, 0.05) is 12.6 Å². The minimum atomic E-state index is -0.456. The second kappa shape index (κ2) is 5.28. The molecule has 0 saturated carbocycles. The molecule has 1 unspecified atom stereocenters. The van der Waals surface area contributed by atoms with Crippen molar-refractivity contribution in [3.05, 3.63) is 28.8 Å². The molecule has 1 aliphatic heterocycles. The molecule has 17 heavy (non-hydrogen) atoms. The lowest BCUT2D eigenvalue weighted by atomic mass is 10.1. The Morgan fingerprint density at radius 3 is 2.88 bits per heavy atom. The van der Waals surface area contributed by atoms with Crippen LogP contribution >= 0.6 is 11.6 Å². The van der Waals surface area contributed by atoms with E-state index in [4.69, 9.17) is 11.6 Å². The van der Waals surface area contributed by atoms with Crippen LogP contribution in [0.5, 0.6) is 0 Å². The minimum absolute atomic E-state index is 0.456. The smallest absolute Gasteiger partial charge is 0.0762 e. The van der Waals surface area contributed by atoms with Gasteiger partial charge in [0.2, 0.25) is 0 Å². The number of halogens is 1. The number of benzene rings is 1. The van der Waals surface area contributed by atoms with Crippen molar-refractivity contribution in [2.75, 3.05) is 11.4 Å². The Balaban J connectivity index is 2.27. The van der Waals surface area contributed by atoms with Gasteiger partial charge in [-0.25, -0.2) is 0 Å². The van der Waals surface area contributed by atoms with E-state index in [1.807, 2.05) is 18.2 Å². The fourth-order valence-electron chi connectivity index (χ4n) is 2.59. The molecular formula is C14H20ClNO. The van der Waals surface area contributed by atoms with E-state index in [9.17, 15) is 5.11 Å². The summed E-state index contributed by atoms with van der Waals surface area (Å²) in [5.41, 5.74) is 1.99. The lowest BCUT2D eigenvalue weighted by Gasteiger charge is -2.27. The maximum atomic E-state index is 9.53. The van der Waals surface area contributed by atoms with Crippen LogP contribution in [0.25, 0.3) is 0 Å². The van der Waals surface area contributed by atoms with E-state index in [-0.39, 0.29) is 0 Å². The fourth-order valence-corrected chi connectivity index (χ4v) is 2.89. The van der Waals surface area contributed by atoms with E-state index in [0.29, 0.717) is 6.04 Å². The maximum Gasteiger partial charge on any atom is 0.0762 e. The summed E-state index contributed by atoms with van der Waals surface area (Å²) in [5, 5.41) is 10.3. The van der Waals surface area contributed by atoms with Crippen molar-refractivity contribution >= 4 is 17.3 Å². The van der Waals surface area contributed by atoms with E-state index in [2.05, 4.69) is 11.8 Å². The summed E-state index contributed by atoms with van der Waals surface area (Å²) in [5.74, 6) is 0. The summed E-state index contributed by atoms with van der Waals surface area (Å²) in [7, 11) is 0. The van der Waals surface area contributed by atoms with Gasteiger partial charge in [0.1, 0.15) is 0 Å². The minimum Gasteiger partial charge on any atom is -0.389 e. The molecule has 1 N–H and O–H groups in total. The summed E-state index contributed by atoms with van der Waals surface area (Å²) in [6.45, 7) is 5.07. The van der Waals surface area contributed by atoms with E-state index >= 15 is 0 Å². The van der Waals surface area contributed by atoms with Gasteiger partial charge in [-0.3, -0.25) is 0 Å². The first-order valence-corrected chi connectivity index (χ1v) is 6.75. The highest BCUT2D eigenvalue weighted by Gasteiger charge is 2.24. The van der Waals surface area contributed by atoms with Gasteiger partial charge < -0.3 is 10.0 Å². The standard InChI is InChI=1S/C14H20ClNO/c1-3-12-5-4-8-16(12)14-7-6-11(10(2)17)9-13(14)15/h6-7,9-10,12,17H,3-5,8H2,1-2H3/t10-,12?/m0/s1. The van der Waals surface area contributed by atoms with Gasteiger partial charge in [-0.1, -0.05) is 24.6 Å². The topological polar surface area (TPSA) is 23.5 Å². The van der Waals surface area contributed by atoms with Crippen LogP contribution in [0, 0.1) is 0 Å². The van der Waals surface area contributed by atoms with Crippen LogP contribution in [0.15, 0.2) is 18.2 Å². The molecule has 1 aromatic rings. The predicted octanol–water partition coefficient (Wildman–Crippen LogP) is 3.77. The third kappa shape index (κ3) is 2.58. The van der Waals surface area contributed by atoms with Gasteiger partial charge in [0.05, 0.1) is 16.8 Å². The Labute approximate surface area is 108 Å². The van der Waals surface area contributed by atoms with Crippen molar-refractivity contribution in [1.29, 1.82) is 0 Å². The van der Waals surface area contributed by atoms with Gasteiger partial charge in [0.25, 0.3) is 0 Å². The molecular weight excluding hydrogens is 234 g/mol. The van der Waals surface area contributed by atoms with E-state index in [1.165, 1.54) is 12.8 Å². The largest absolute Gasteiger partial charge is 0.389 e. The molecule has 0 radical (unpaired) electrons. The molecule has 2 nitrogen and oxygen atoms in total. The zero-order chi connectivity index (χ0) is 12.4. The average molecular weight is 254 g/mol. The zero-order valence-corrected chi connectivity index (χ0v) is 11.2. The molecule has 1 fully saturated rings. The Hall–Kier alpha value is -0.730. The predicted molar refractivity (Wildman–Crippen MR) is 72.7 cm³/mol. The number of aliphatic hydroxyl groups excluding tert-OH is 1. The van der Waals surface area contributed by atoms with E-state index in [0.717, 1.165) is 29.2 Å². The van der Waals surface area contributed by atoms with Crippen molar-refractivity contribution in [2.24, 2.45) is 0 Å². The fraction of sp³-hybridized carbons (Fsp3) is 0.571. The van der Waals surface area contributed by atoms with Gasteiger partial charge in [-0.05, 0) is 43.9 Å². The summed E-state index contributed by atoms with van der Waals surface area (Å²) < 4.78 is 0. The Bertz CT molecular complexity index is 392. The molecule has 3 heteroatoms. The summed E-state index contributed by atoms with van der Waals surface area (Å²) in [6, 6.07) is 6.51. The summed E-state index contributed by atoms with van der Waals surface area (Å²) in [4.78, 5) is 2.40. The van der Waals surface area contributed by atoms with Gasteiger partial charge >= 0.3 is 0 Å². The van der Waals surface area contributed by atoms with Gasteiger partial charge in [0.15, 0.2) is 0 Å². The summed E-state index contributed by atoms with van der Waals surface area (Å²) >= 11 is 6.32. The van der Waals surface area contributed by atoms with Crippen LogP contribution < -0.4 is 4.90 Å². The maximum absolute atomic E-state index is 9.53. The number of hydrogen-bond acceptors (Lipinski definition) is 2. The third-order valence-corrected chi connectivity index (χ3v) is 3.91. The van der Waals surface area contributed by atoms with Crippen molar-refractivity contribution in [2.45, 2.75) is 45.3 Å². The SMILES string of the molecule is CCC1CCCN1c1ccc([C@H](C)O)cc1Cl. The van der Waals surface area contributed by atoms with Crippen LogP contribution in [-0.4, -0.2) is 17.7 Å². The highest BCUT2D eigenvalue weighted by atomic mass is 35.5. The normalized spacial score (nSPS) is 21.9.